The third-order valence-corrected chi connectivity index (χ3v) is 5.32. The molecule has 1 N–H and O–H groups in total. The minimum Gasteiger partial charge on any atom is -0.497 e. The van der Waals surface area contributed by atoms with Crippen LogP contribution in [0.1, 0.15) is 11.1 Å². The molecule has 0 aliphatic heterocycles. The van der Waals surface area contributed by atoms with E-state index in [1.54, 1.807) is 31.4 Å². The molecule has 0 fully saturated rings. The highest BCUT2D eigenvalue weighted by molar-refractivity contribution is 6.31. The van der Waals surface area contributed by atoms with Crippen LogP contribution in [0.3, 0.4) is 0 Å². The van der Waals surface area contributed by atoms with Crippen LogP contribution in [0, 0.1) is 22.7 Å². The van der Waals surface area contributed by atoms with E-state index < -0.39 is 0 Å². The first kappa shape index (κ1) is 17.9. The number of nitriles is 2. The average molecular weight is 410 g/mol. The molecule has 3 aromatic carbocycles. The van der Waals surface area contributed by atoms with Crippen LogP contribution in [0.15, 0.2) is 48.5 Å². The van der Waals surface area contributed by atoms with E-state index in [0.29, 0.717) is 38.9 Å². The van der Waals surface area contributed by atoms with Crippen LogP contribution in [0.5, 0.6) is 5.75 Å². The normalized spacial score (nSPS) is 10.9. The van der Waals surface area contributed by atoms with Gasteiger partial charge in [0.05, 0.1) is 52.5 Å². The average Bonchev–Trinajstić information content (AvgIpc) is 3.23. The fraction of sp³-hybridized carbons (Fsp3) is 0.0435. The topological polar surface area (TPSA) is 98.4 Å². The molecular weight excluding hydrogens is 398 g/mol. The van der Waals surface area contributed by atoms with Crippen molar-refractivity contribution < 1.29 is 4.74 Å². The van der Waals surface area contributed by atoms with Crippen molar-refractivity contribution in [3.63, 3.8) is 0 Å². The highest BCUT2D eigenvalue weighted by atomic mass is 35.5. The number of methoxy groups -OCH3 is 1. The maximum Gasteiger partial charge on any atom is 0.141 e. The highest BCUT2D eigenvalue weighted by Gasteiger charge is 2.19. The fourth-order valence-electron chi connectivity index (χ4n) is 3.77. The zero-order valence-electron chi connectivity index (χ0n) is 15.7. The van der Waals surface area contributed by atoms with Gasteiger partial charge in [-0.2, -0.15) is 10.5 Å². The largest absolute Gasteiger partial charge is 0.497 e. The van der Waals surface area contributed by atoms with Crippen LogP contribution in [0.2, 0.25) is 5.15 Å². The molecular formula is C23H12ClN5O. The van der Waals surface area contributed by atoms with Crippen molar-refractivity contribution in [2.24, 2.45) is 0 Å². The van der Waals surface area contributed by atoms with E-state index in [1.165, 1.54) is 0 Å². The third kappa shape index (κ3) is 2.56. The number of imidazole rings is 1. The van der Waals surface area contributed by atoms with Gasteiger partial charge in [0.25, 0.3) is 0 Å². The number of nitrogens with one attached hydrogen (secondary N) is 1. The SMILES string of the molecule is COc1ccc2c(c1)c1nc(Cl)ccc1c1[nH]c(-c3c(C#N)cccc3C#N)nc21. The molecule has 2 aromatic heterocycles. The number of benzene rings is 3. The lowest BCUT2D eigenvalue weighted by molar-refractivity contribution is 0.415. The Morgan fingerprint density at radius 2 is 1.63 bits per heavy atom. The number of aromatic nitrogens is 3. The summed E-state index contributed by atoms with van der Waals surface area (Å²) in [6.07, 6.45) is 0. The number of pyridine rings is 1. The Balaban J connectivity index is 1.96. The molecule has 30 heavy (non-hydrogen) atoms. The number of fused-ring (bicyclic) bond motifs is 6. The molecule has 2 heterocycles. The summed E-state index contributed by atoms with van der Waals surface area (Å²) in [6.45, 7) is 0. The molecule has 0 aliphatic rings. The summed E-state index contributed by atoms with van der Waals surface area (Å²) >= 11 is 6.18. The number of halogens is 1. The van der Waals surface area contributed by atoms with Gasteiger partial charge in [0.2, 0.25) is 0 Å². The minimum absolute atomic E-state index is 0.379. The molecule has 0 aliphatic carbocycles. The van der Waals surface area contributed by atoms with Crippen molar-refractivity contribution in [2.45, 2.75) is 0 Å². The van der Waals surface area contributed by atoms with Gasteiger partial charge in [-0.3, -0.25) is 0 Å². The van der Waals surface area contributed by atoms with Crippen molar-refractivity contribution in [1.29, 1.82) is 10.5 Å². The number of aromatic amines is 1. The second-order valence-electron chi connectivity index (χ2n) is 6.70. The Kier molecular flexibility index (Phi) is 4.03. The Morgan fingerprint density at radius 1 is 0.900 bits per heavy atom. The minimum atomic E-state index is 0.379. The van der Waals surface area contributed by atoms with Gasteiger partial charge >= 0.3 is 0 Å². The molecule has 0 saturated heterocycles. The van der Waals surface area contributed by atoms with E-state index in [0.717, 1.165) is 27.2 Å². The van der Waals surface area contributed by atoms with Crippen molar-refractivity contribution >= 4 is 44.3 Å². The van der Waals surface area contributed by atoms with E-state index in [-0.39, 0.29) is 0 Å². The Bertz CT molecular complexity index is 1540. The van der Waals surface area contributed by atoms with Crippen molar-refractivity contribution in [3.05, 3.63) is 64.8 Å². The molecule has 142 valence electrons. The predicted molar refractivity (Wildman–Crippen MR) is 115 cm³/mol. The molecule has 0 unspecified atom stereocenters. The molecule has 7 heteroatoms. The summed E-state index contributed by atoms with van der Waals surface area (Å²) in [5.74, 6) is 1.15. The zero-order chi connectivity index (χ0) is 20.8. The maximum absolute atomic E-state index is 9.57. The van der Waals surface area contributed by atoms with Crippen LogP contribution >= 0.6 is 11.6 Å². The first-order valence-corrected chi connectivity index (χ1v) is 9.41. The van der Waals surface area contributed by atoms with Crippen molar-refractivity contribution in [2.75, 3.05) is 7.11 Å². The van der Waals surface area contributed by atoms with Gasteiger partial charge < -0.3 is 9.72 Å². The Labute approximate surface area is 175 Å². The summed E-state index contributed by atoms with van der Waals surface area (Å²) < 4.78 is 5.39. The lowest BCUT2D eigenvalue weighted by Crippen LogP contribution is -1.91. The summed E-state index contributed by atoms with van der Waals surface area (Å²) in [7, 11) is 1.61. The third-order valence-electron chi connectivity index (χ3n) is 5.11. The highest BCUT2D eigenvalue weighted by Crippen LogP contribution is 2.37. The van der Waals surface area contributed by atoms with Gasteiger partial charge in [-0.15, -0.1) is 0 Å². The van der Waals surface area contributed by atoms with E-state index in [1.807, 2.05) is 24.3 Å². The molecule has 0 radical (unpaired) electrons. The standard InChI is InChI=1S/C23H12ClN5O/c1-30-14-5-6-15-17(9-14)20-16(7-8-18(24)27-20)22-21(15)28-23(29-22)19-12(10-25)3-2-4-13(19)11-26/h2-9H,1H3,(H,28,29). The first-order valence-electron chi connectivity index (χ1n) is 9.04. The zero-order valence-corrected chi connectivity index (χ0v) is 16.4. The molecule has 6 nitrogen and oxygen atoms in total. The lowest BCUT2D eigenvalue weighted by atomic mass is 10.0. The molecule has 0 atom stereocenters. The smallest absolute Gasteiger partial charge is 0.141 e. The van der Waals surface area contributed by atoms with Crippen LogP contribution in [-0.4, -0.2) is 22.1 Å². The summed E-state index contributed by atoms with van der Waals surface area (Å²) in [6, 6.07) is 18.6. The molecule has 0 saturated carbocycles. The van der Waals surface area contributed by atoms with E-state index in [9.17, 15) is 10.5 Å². The van der Waals surface area contributed by atoms with Gasteiger partial charge in [-0.1, -0.05) is 17.7 Å². The molecule has 5 aromatic rings. The van der Waals surface area contributed by atoms with E-state index in [2.05, 4.69) is 22.1 Å². The first-order chi connectivity index (χ1) is 14.6. The predicted octanol–water partition coefficient (Wildman–Crippen LogP) is 5.34. The number of ether oxygens (including phenoxy) is 1. The summed E-state index contributed by atoms with van der Waals surface area (Å²) in [5.41, 5.74) is 3.44. The maximum atomic E-state index is 9.57. The van der Waals surface area contributed by atoms with Gasteiger partial charge in [0, 0.05) is 16.2 Å². The fourth-order valence-corrected chi connectivity index (χ4v) is 3.92. The van der Waals surface area contributed by atoms with Crippen LogP contribution in [0.4, 0.5) is 0 Å². The van der Waals surface area contributed by atoms with Gasteiger partial charge in [-0.25, -0.2) is 9.97 Å². The van der Waals surface area contributed by atoms with Gasteiger partial charge in [0.1, 0.15) is 16.7 Å². The molecule has 5 rings (SSSR count). The number of rotatable bonds is 2. The Morgan fingerprint density at radius 3 is 2.33 bits per heavy atom. The van der Waals surface area contributed by atoms with Crippen molar-refractivity contribution in [3.8, 4) is 29.3 Å². The van der Waals surface area contributed by atoms with Crippen molar-refractivity contribution in [1.82, 2.24) is 15.0 Å². The number of hydrogen-bond donors (Lipinski definition) is 1. The molecule has 0 bridgehead atoms. The summed E-state index contributed by atoms with van der Waals surface area (Å²) in [4.78, 5) is 12.7. The number of nitrogens with zero attached hydrogens (tertiary/aromatic N) is 4. The summed E-state index contributed by atoms with van der Waals surface area (Å²) in [5, 5.41) is 22.1. The van der Waals surface area contributed by atoms with E-state index in [4.69, 9.17) is 21.3 Å². The second-order valence-corrected chi connectivity index (χ2v) is 7.09. The van der Waals surface area contributed by atoms with Gasteiger partial charge in [0.15, 0.2) is 0 Å². The second kappa shape index (κ2) is 6.73. The van der Waals surface area contributed by atoms with E-state index >= 15 is 0 Å². The van der Waals surface area contributed by atoms with Gasteiger partial charge in [-0.05, 0) is 42.5 Å². The number of hydrogen-bond acceptors (Lipinski definition) is 5. The van der Waals surface area contributed by atoms with Crippen LogP contribution < -0.4 is 4.74 Å². The number of H-pyrrole nitrogens is 1. The molecule has 0 spiro atoms. The monoisotopic (exact) mass is 409 g/mol. The lowest BCUT2D eigenvalue weighted by Gasteiger charge is -2.07. The Hall–Kier alpha value is -4.13. The quantitative estimate of drug-likeness (QED) is 0.313. The van der Waals surface area contributed by atoms with Crippen LogP contribution in [0.25, 0.3) is 44.1 Å². The van der Waals surface area contributed by atoms with Crippen LogP contribution in [-0.2, 0) is 0 Å². The molecule has 0 amide bonds.